The molecular formula is C35H41Cl2FN6O5. The lowest BCUT2D eigenvalue weighted by atomic mass is 10.0. The van der Waals surface area contributed by atoms with Crippen LogP contribution in [0, 0.1) is 5.82 Å². The van der Waals surface area contributed by atoms with Crippen molar-refractivity contribution in [2.45, 2.75) is 44.9 Å². The largest absolute Gasteiger partial charge is 0.445 e. The average Bonchev–Trinajstić information content (AvgIpc) is 3.57. The first kappa shape index (κ1) is 39.1. The standard InChI is InChI=1S/C35H39FN6O5.2ClH/c36-29-11-5-4-10-28(29)23-41-18-20-42(21-19-41)34(44)27-15-13-25(14-16-27)22-31-39-33(40-47-31)32(43)30(12-6-7-17-37)38-35(45)46-24-26-8-2-1-3-9-26;;/h1-5,8-11,13-16,30H,6-7,12,17-24,37H2,(H,38,45);2*1H. The highest BCUT2D eigenvalue weighted by molar-refractivity contribution is 5.98. The number of unbranched alkanes of at least 4 members (excludes halogenated alkanes) is 1. The first-order valence-electron chi connectivity index (χ1n) is 15.8. The number of hydrogen-bond acceptors (Lipinski definition) is 9. The molecular weight excluding hydrogens is 674 g/mol. The number of aromatic nitrogens is 2. The van der Waals surface area contributed by atoms with Crippen molar-refractivity contribution < 1.29 is 28.0 Å². The van der Waals surface area contributed by atoms with Crippen LogP contribution in [0.1, 0.15) is 62.8 Å². The molecule has 4 aromatic rings. The van der Waals surface area contributed by atoms with Gasteiger partial charge in [0, 0.05) is 43.9 Å². The van der Waals surface area contributed by atoms with Crippen LogP contribution in [0.3, 0.4) is 0 Å². The predicted octanol–water partition coefficient (Wildman–Crippen LogP) is 5.21. The van der Waals surface area contributed by atoms with E-state index in [1.807, 2.05) is 48.5 Å². The Morgan fingerprint density at radius 2 is 1.59 bits per heavy atom. The number of amides is 2. The van der Waals surface area contributed by atoms with Gasteiger partial charge >= 0.3 is 6.09 Å². The van der Waals surface area contributed by atoms with Gasteiger partial charge in [-0.05, 0) is 55.1 Å². The molecule has 1 fully saturated rings. The molecule has 0 spiro atoms. The Morgan fingerprint density at radius 3 is 2.29 bits per heavy atom. The van der Waals surface area contributed by atoms with Crippen LogP contribution in [-0.2, 0) is 24.3 Å². The molecule has 1 unspecified atom stereocenters. The molecule has 1 aliphatic heterocycles. The number of nitrogens with two attached hydrogens (primary N) is 1. The van der Waals surface area contributed by atoms with Crippen LogP contribution in [0.25, 0.3) is 0 Å². The molecule has 0 bridgehead atoms. The number of hydrogen-bond donors (Lipinski definition) is 2. The zero-order chi connectivity index (χ0) is 33.0. The van der Waals surface area contributed by atoms with Crippen molar-refractivity contribution in [3.63, 3.8) is 0 Å². The summed E-state index contributed by atoms with van der Waals surface area (Å²) in [6, 6.07) is 22.2. The summed E-state index contributed by atoms with van der Waals surface area (Å²) < 4.78 is 24.7. The number of carbonyl (C=O) groups is 3. The van der Waals surface area contributed by atoms with Crippen molar-refractivity contribution in [1.82, 2.24) is 25.3 Å². The van der Waals surface area contributed by atoms with Crippen LogP contribution in [-0.4, -0.2) is 76.5 Å². The normalized spacial score (nSPS) is 13.5. The number of alkyl carbamates (subject to hydrolysis) is 1. The maximum atomic E-state index is 14.0. The molecule has 1 aromatic heterocycles. The summed E-state index contributed by atoms with van der Waals surface area (Å²) in [7, 11) is 0. The fourth-order valence-electron chi connectivity index (χ4n) is 5.35. The molecule has 3 N–H and O–H groups in total. The van der Waals surface area contributed by atoms with Crippen molar-refractivity contribution in [1.29, 1.82) is 0 Å². The van der Waals surface area contributed by atoms with Crippen molar-refractivity contribution in [2.75, 3.05) is 32.7 Å². The van der Waals surface area contributed by atoms with Gasteiger partial charge in [-0.2, -0.15) is 4.98 Å². The second-order valence-corrected chi connectivity index (χ2v) is 11.5. The average molecular weight is 716 g/mol. The maximum absolute atomic E-state index is 14.0. The molecule has 3 aromatic carbocycles. The van der Waals surface area contributed by atoms with E-state index in [2.05, 4.69) is 20.4 Å². The van der Waals surface area contributed by atoms with Gasteiger partial charge in [0.15, 0.2) is 0 Å². The number of rotatable bonds is 14. The third kappa shape index (κ3) is 11.4. The molecule has 262 valence electrons. The Bertz CT molecular complexity index is 1630. The van der Waals surface area contributed by atoms with Crippen molar-refractivity contribution in [3.05, 3.63) is 119 Å². The smallest absolute Gasteiger partial charge is 0.408 e. The number of nitrogens with one attached hydrogen (secondary N) is 1. The minimum Gasteiger partial charge on any atom is -0.445 e. The summed E-state index contributed by atoms with van der Waals surface area (Å²) in [5, 5.41) is 6.50. The van der Waals surface area contributed by atoms with Crippen molar-refractivity contribution in [3.8, 4) is 0 Å². The molecule has 1 aliphatic rings. The number of piperazine rings is 1. The quantitative estimate of drug-likeness (QED) is 0.133. The van der Waals surface area contributed by atoms with E-state index in [1.54, 1.807) is 29.2 Å². The highest BCUT2D eigenvalue weighted by Gasteiger charge is 2.27. The number of Topliss-reactive ketones (excluding diaryl/α,β-unsaturated/α-hetero) is 1. The summed E-state index contributed by atoms with van der Waals surface area (Å²) in [5.41, 5.74) is 8.47. The monoisotopic (exact) mass is 714 g/mol. The number of nitrogens with zero attached hydrogens (tertiary/aromatic N) is 4. The fourth-order valence-corrected chi connectivity index (χ4v) is 5.35. The Kier molecular flexibility index (Phi) is 15.6. The van der Waals surface area contributed by atoms with Gasteiger partial charge in [-0.15, -0.1) is 24.8 Å². The van der Waals surface area contributed by atoms with Gasteiger partial charge in [0.05, 0.1) is 12.5 Å². The summed E-state index contributed by atoms with van der Waals surface area (Å²) in [5.74, 6) is -0.676. The third-order valence-electron chi connectivity index (χ3n) is 8.02. The second kappa shape index (κ2) is 19.6. The summed E-state index contributed by atoms with van der Waals surface area (Å²) >= 11 is 0. The number of ketones is 1. The Morgan fingerprint density at radius 1 is 0.898 bits per heavy atom. The molecule has 5 rings (SSSR count). The molecule has 0 saturated carbocycles. The molecule has 49 heavy (non-hydrogen) atoms. The maximum Gasteiger partial charge on any atom is 0.408 e. The van der Waals surface area contributed by atoms with E-state index in [4.69, 9.17) is 15.0 Å². The van der Waals surface area contributed by atoms with Gasteiger partial charge in [0.25, 0.3) is 5.91 Å². The molecule has 0 aliphatic carbocycles. The number of benzene rings is 3. The summed E-state index contributed by atoms with van der Waals surface area (Å²) in [4.78, 5) is 47.1. The van der Waals surface area contributed by atoms with Crippen molar-refractivity contribution in [2.24, 2.45) is 5.73 Å². The van der Waals surface area contributed by atoms with Crippen molar-refractivity contribution >= 4 is 42.6 Å². The Hall–Kier alpha value is -4.36. The van der Waals surface area contributed by atoms with Gasteiger partial charge in [0.2, 0.25) is 17.5 Å². The predicted molar refractivity (Wildman–Crippen MR) is 186 cm³/mol. The van der Waals surface area contributed by atoms with Crippen LogP contribution in [0.2, 0.25) is 0 Å². The first-order valence-corrected chi connectivity index (χ1v) is 15.8. The number of halogens is 3. The Labute approximate surface area is 297 Å². The van der Waals surface area contributed by atoms with Gasteiger partial charge in [0.1, 0.15) is 12.4 Å². The van der Waals surface area contributed by atoms with Crippen LogP contribution in [0.4, 0.5) is 9.18 Å². The first-order chi connectivity index (χ1) is 22.9. The van der Waals surface area contributed by atoms with Gasteiger partial charge in [-0.1, -0.05) is 65.8 Å². The zero-order valence-corrected chi connectivity index (χ0v) is 28.6. The lowest BCUT2D eigenvalue weighted by Crippen LogP contribution is -2.48. The number of ether oxygens (including phenoxy) is 1. The van der Waals surface area contributed by atoms with E-state index in [9.17, 15) is 18.8 Å². The van der Waals surface area contributed by atoms with Crippen LogP contribution >= 0.6 is 24.8 Å². The van der Waals surface area contributed by atoms with E-state index in [0.717, 1.165) is 11.1 Å². The van der Waals surface area contributed by atoms with Crippen LogP contribution in [0.5, 0.6) is 0 Å². The topological polar surface area (TPSA) is 144 Å². The van der Waals surface area contributed by atoms with E-state index >= 15 is 0 Å². The molecule has 2 heterocycles. The number of carbonyl (C=O) groups excluding carboxylic acids is 3. The second-order valence-electron chi connectivity index (χ2n) is 11.5. The minimum atomic E-state index is -0.901. The molecule has 0 radical (unpaired) electrons. The van der Waals surface area contributed by atoms with Gasteiger partial charge in [-0.25, -0.2) is 9.18 Å². The van der Waals surface area contributed by atoms with E-state index in [-0.39, 0.29) is 61.3 Å². The lowest BCUT2D eigenvalue weighted by Gasteiger charge is -2.34. The molecule has 1 saturated heterocycles. The van der Waals surface area contributed by atoms with E-state index < -0.39 is 17.9 Å². The van der Waals surface area contributed by atoms with E-state index in [0.29, 0.717) is 69.7 Å². The van der Waals surface area contributed by atoms with E-state index in [1.165, 1.54) is 6.07 Å². The highest BCUT2D eigenvalue weighted by atomic mass is 35.5. The third-order valence-corrected chi connectivity index (χ3v) is 8.02. The lowest BCUT2D eigenvalue weighted by molar-refractivity contribution is 0.0627. The zero-order valence-electron chi connectivity index (χ0n) is 27.0. The van der Waals surface area contributed by atoms with Crippen LogP contribution < -0.4 is 11.1 Å². The minimum absolute atomic E-state index is 0. The summed E-state index contributed by atoms with van der Waals surface area (Å²) in [6.07, 6.45) is 1.18. The Balaban J connectivity index is 0.00000325. The molecule has 14 heteroatoms. The molecule has 11 nitrogen and oxygen atoms in total. The van der Waals surface area contributed by atoms with Crippen LogP contribution in [0.15, 0.2) is 83.4 Å². The molecule has 1 atom stereocenters. The summed E-state index contributed by atoms with van der Waals surface area (Å²) in [6.45, 7) is 3.48. The molecule has 2 amide bonds. The SMILES string of the molecule is Cl.Cl.NCCCCC(NC(=O)OCc1ccccc1)C(=O)c1noc(Cc2ccc(C(=O)N3CCN(Cc4ccccc4F)CC3)cc2)n1. The van der Waals surface area contributed by atoms with Gasteiger partial charge < -0.3 is 25.2 Å². The fraction of sp³-hybridized carbons (Fsp3) is 0.343. The van der Waals surface area contributed by atoms with Gasteiger partial charge in [-0.3, -0.25) is 14.5 Å². The highest BCUT2D eigenvalue weighted by Crippen LogP contribution is 2.16.